The molecule has 0 bridgehead atoms. The van der Waals surface area contributed by atoms with E-state index in [2.05, 4.69) is 5.16 Å². The van der Waals surface area contributed by atoms with Gasteiger partial charge in [0.1, 0.15) is 18.0 Å². The lowest BCUT2D eigenvalue weighted by atomic mass is 10.1. The van der Waals surface area contributed by atoms with Gasteiger partial charge in [-0.1, -0.05) is 17.3 Å². The number of hydrogen-bond acceptors (Lipinski definition) is 8. The van der Waals surface area contributed by atoms with Crippen LogP contribution in [0.1, 0.15) is 23.0 Å². The summed E-state index contributed by atoms with van der Waals surface area (Å²) >= 11 is 0. The topological polar surface area (TPSA) is 116 Å². The summed E-state index contributed by atoms with van der Waals surface area (Å²) in [7, 11) is -1.08. The highest BCUT2D eigenvalue weighted by molar-refractivity contribution is 7.89. The fraction of sp³-hybridized carbons (Fsp3) is 0.227. The Kier molecular flexibility index (Phi) is 7.06. The summed E-state index contributed by atoms with van der Waals surface area (Å²) in [5.74, 6) is 0.0991. The van der Waals surface area contributed by atoms with Gasteiger partial charge in [0.25, 0.3) is 0 Å². The van der Waals surface area contributed by atoms with Crippen LogP contribution in [0.3, 0.4) is 0 Å². The SMILES string of the molecule is COc1ccc(-c2cc(COC(=O)CN(C)S(=O)(=O)c3ccc(C(C)=O)cc3)on2)cc1. The lowest BCUT2D eigenvalue weighted by Crippen LogP contribution is -2.33. The number of esters is 1. The smallest absolute Gasteiger partial charge is 0.321 e. The molecular formula is C22H22N2O7S. The number of carbonyl (C=O) groups excluding carboxylic acids is 2. The molecular weight excluding hydrogens is 436 g/mol. The van der Waals surface area contributed by atoms with Gasteiger partial charge in [0.15, 0.2) is 18.2 Å². The molecule has 0 spiro atoms. The van der Waals surface area contributed by atoms with Crippen molar-refractivity contribution < 1.29 is 32.0 Å². The van der Waals surface area contributed by atoms with Gasteiger partial charge in [0.05, 0.1) is 12.0 Å². The molecule has 3 rings (SSSR count). The maximum Gasteiger partial charge on any atom is 0.321 e. The second-order valence-corrected chi connectivity index (χ2v) is 8.95. The number of nitrogens with zero attached hydrogens (tertiary/aromatic N) is 2. The average Bonchev–Trinajstić information content (AvgIpc) is 3.27. The minimum Gasteiger partial charge on any atom is -0.497 e. The van der Waals surface area contributed by atoms with Gasteiger partial charge in [0, 0.05) is 24.2 Å². The molecule has 0 saturated heterocycles. The van der Waals surface area contributed by atoms with E-state index in [1.807, 2.05) is 12.1 Å². The molecule has 9 nitrogen and oxygen atoms in total. The molecule has 0 radical (unpaired) electrons. The molecule has 0 aliphatic carbocycles. The highest BCUT2D eigenvalue weighted by Gasteiger charge is 2.24. The number of hydrogen-bond donors (Lipinski definition) is 0. The van der Waals surface area contributed by atoms with Gasteiger partial charge in [-0.15, -0.1) is 0 Å². The Morgan fingerprint density at radius 2 is 1.72 bits per heavy atom. The van der Waals surface area contributed by atoms with E-state index in [9.17, 15) is 18.0 Å². The number of likely N-dealkylation sites (N-methyl/N-ethyl adjacent to an activating group) is 1. The van der Waals surface area contributed by atoms with Crippen molar-refractivity contribution in [3.8, 4) is 17.0 Å². The van der Waals surface area contributed by atoms with Crippen LogP contribution in [0.15, 0.2) is 64.0 Å². The minimum atomic E-state index is -3.92. The van der Waals surface area contributed by atoms with Crippen molar-refractivity contribution in [3.63, 3.8) is 0 Å². The number of rotatable bonds is 9. The standard InChI is InChI=1S/C22H22N2O7S/c1-15(25)16-6-10-20(11-7-16)32(27,28)24(2)13-22(26)30-14-19-12-21(23-31-19)17-4-8-18(29-3)9-5-17/h4-12H,13-14H2,1-3H3. The molecule has 1 aromatic heterocycles. The monoisotopic (exact) mass is 458 g/mol. The van der Waals surface area contributed by atoms with Gasteiger partial charge in [-0.05, 0) is 43.3 Å². The number of ether oxygens (including phenoxy) is 2. The molecule has 0 unspecified atom stereocenters. The van der Waals surface area contributed by atoms with Gasteiger partial charge >= 0.3 is 5.97 Å². The van der Waals surface area contributed by atoms with Crippen LogP contribution in [-0.4, -0.2) is 50.3 Å². The first-order valence-electron chi connectivity index (χ1n) is 9.53. The molecule has 32 heavy (non-hydrogen) atoms. The van der Waals surface area contributed by atoms with Crippen molar-refractivity contribution in [2.45, 2.75) is 18.4 Å². The van der Waals surface area contributed by atoms with Crippen molar-refractivity contribution in [1.82, 2.24) is 9.46 Å². The molecule has 0 saturated carbocycles. The Morgan fingerprint density at radius 3 is 2.31 bits per heavy atom. The summed E-state index contributed by atoms with van der Waals surface area (Å²) in [4.78, 5) is 23.5. The summed E-state index contributed by atoms with van der Waals surface area (Å²) in [6, 6.07) is 14.3. The molecule has 0 amide bonds. The molecule has 0 aliphatic heterocycles. The fourth-order valence-corrected chi connectivity index (χ4v) is 3.90. The van der Waals surface area contributed by atoms with Crippen molar-refractivity contribution >= 4 is 21.8 Å². The van der Waals surface area contributed by atoms with Crippen LogP contribution < -0.4 is 4.74 Å². The summed E-state index contributed by atoms with van der Waals surface area (Å²) in [6.45, 7) is 0.708. The Morgan fingerprint density at radius 1 is 1.06 bits per heavy atom. The van der Waals surface area contributed by atoms with E-state index in [-0.39, 0.29) is 17.3 Å². The van der Waals surface area contributed by atoms with Crippen molar-refractivity contribution in [3.05, 3.63) is 65.9 Å². The first-order valence-corrected chi connectivity index (χ1v) is 11.0. The quantitative estimate of drug-likeness (QED) is 0.355. The van der Waals surface area contributed by atoms with Crippen LogP contribution in [0.2, 0.25) is 0 Å². The first-order chi connectivity index (χ1) is 15.2. The van der Waals surface area contributed by atoms with E-state index < -0.39 is 22.5 Å². The molecule has 0 fully saturated rings. The zero-order chi connectivity index (χ0) is 23.3. The Labute approximate surface area is 185 Å². The second-order valence-electron chi connectivity index (χ2n) is 6.91. The van der Waals surface area contributed by atoms with E-state index in [0.29, 0.717) is 22.8 Å². The molecule has 2 aromatic carbocycles. The Bertz CT molecular complexity index is 1200. The van der Waals surface area contributed by atoms with Crippen LogP contribution in [0.25, 0.3) is 11.3 Å². The van der Waals surface area contributed by atoms with Crippen molar-refractivity contribution in [1.29, 1.82) is 0 Å². The van der Waals surface area contributed by atoms with E-state index in [4.69, 9.17) is 14.0 Å². The van der Waals surface area contributed by atoms with Gasteiger partial charge in [0.2, 0.25) is 10.0 Å². The number of ketones is 1. The van der Waals surface area contributed by atoms with Crippen LogP contribution in [0.4, 0.5) is 0 Å². The third kappa shape index (κ3) is 5.40. The van der Waals surface area contributed by atoms with Crippen molar-refractivity contribution in [2.75, 3.05) is 20.7 Å². The van der Waals surface area contributed by atoms with Crippen LogP contribution in [0, 0.1) is 0 Å². The molecule has 168 valence electrons. The number of sulfonamides is 1. The highest BCUT2D eigenvalue weighted by atomic mass is 32.2. The average molecular weight is 458 g/mol. The number of aromatic nitrogens is 1. The van der Waals surface area contributed by atoms with Gasteiger partial charge in [-0.3, -0.25) is 9.59 Å². The lowest BCUT2D eigenvalue weighted by Gasteiger charge is -2.16. The molecule has 1 heterocycles. The van der Waals surface area contributed by atoms with Gasteiger partial charge < -0.3 is 14.0 Å². The Hall–Kier alpha value is -3.50. The third-order valence-electron chi connectivity index (χ3n) is 4.64. The molecule has 10 heteroatoms. The largest absolute Gasteiger partial charge is 0.497 e. The Balaban J connectivity index is 1.57. The summed E-state index contributed by atoms with van der Waals surface area (Å²) < 4.78 is 41.5. The summed E-state index contributed by atoms with van der Waals surface area (Å²) in [5.41, 5.74) is 1.76. The molecule has 0 atom stereocenters. The van der Waals surface area contributed by atoms with E-state index in [1.165, 1.54) is 38.2 Å². The molecule has 0 aliphatic rings. The number of carbonyl (C=O) groups is 2. The number of benzene rings is 2. The minimum absolute atomic E-state index is 0.0304. The first kappa shape index (κ1) is 23.2. The third-order valence-corrected chi connectivity index (χ3v) is 6.46. The van der Waals surface area contributed by atoms with Crippen LogP contribution in [0.5, 0.6) is 5.75 Å². The van der Waals surface area contributed by atoms with Crippen LogP contribution in [-0.2, 0) is 26.2 Å². The number of Topliss-reactive ketones (excluding diaryl/α,β-unsaturated/α-hetero) is 1. The van der Waals surface area contributed by atoms with E-state index in [1.54, 1.807) is 25.3 Å². The predicted octanol–water partition coefficient (Wildman–Crippen LogP) is 2.92. The van der Waals surface area contributed by atoms with E-state index in [0.717, 1.165) is 9.87 Å². The fourth-order valence-electron chi connectivity index (χ4n) is 2.78. The van der Waals surface area contributed by atoms with E-state index >= 15 is 0 Å². The van der Waals surface area contributed by atoms with Gasteiger partial charge in [-0.25, -0.2) is 8.42 Å². The highest BCUT2D eigenvalue weighted by Crippen LogP contribution is 2.22. The van der Waals surface area contributed by atoms with Crippen LogP contribution >= 0.6 is 0 Å². The normalized spacial score (nSPS) is 11.4. The van der Waals surface area contributed by atoms with Gasteiger partial charge in [-0.2, -0.15) is 4.31 Å². The zero-order valence-electron chi connectivity index (χ0n) is 17.8. The maximum absolute atomic E-state index is 12.6. The lowest BCUT2D eigenvalue weighted by molar-refractivity contribution is -0.145. The number of methoxy groups -OCH3 is 1. The zero-order valence-corrected chi connectivity index (χ0v) is 18.6. The molecule has 3 aromatic rings. The second kappa shape index (κ2) is 9.75. The summed E-state index contributed by atoms with van der Waals surface area (Å²) in [5, 5.41) is 3.94. The predicted molar refractivity (Wildman–Crippen MR) is 115 cm³/mol. The van der Waals surface area contributed by atoms with Crippen molar-refractivity contribution in [2.24, 2.45) is 0 Å². The summed E-state index contributed by atoms with van der Waals surface area (Å²) in [6.07, 6.45) is 0. The molecule has 0 N–H and O–H groups in total. The maximum atomic E-state index is 12.6.